The van der Waals surface area contributed by atoms with Crippen molar-refractivity contribution in [3.05, 3.63) is 92.4 Å². The average molecular weight is 578 g/mol. The lowest BCUT2D eigenvalue weighted by Crippen LogP contribution is -2.41. The smallest absolute Gasteiger partial charge is 0.264 e. The van der Waals surface area contributed by atoms with Gasteiger partial charge in [0.2, 0.25) is 5.91 Å². The predicted molar refractivity (Wildman–Crippen MR) is 143 cm³/mol. The third kappa shape index (κ3) is 7.20. The quantitative estimate of drug-likeness (QED) is 0.278. The van der Waals surface area contributed by atoms with Crippen LogP contribution in [0.5, 0.6) is 0 Å². The third-order valence-corrected chi connectivity index (χ3v) is 8.70. The van der Waals surface area contributed by atoms with Crippen LogP contribution in [0.4, 0.5) is 5.69 Å². The molecule has 0 radical (unpaired) electrons. The Morgan fingerprint density at radius 1 is 0.882 bits per heavy atom. The first-order valence-corrected chi connectivity index (χ1v) is 14.1. The molecule has 0 spiro atoms. The summed E-state index contributed by atoms with van der Waals surface area (Å²) >= 11 is 25.8. The van der Waals surface area contributed by atoms with E-state index in [2.05, 4.69) is 5.32 Å². The van der Waals surface area contributed by atoms with Gasteiger partial charge in [-0.25, -0.2) is 8.42 Å². The number of anilines is 1. The molecule has 1 amide bonds. The maximum absolute atomic E-state index is 13.3. The summed E-state index contributed by atoms with van der Waals surface area (Å²) in [5, 5.41) is 4.23. The van der Waals surface area contributed by atoms with Crippen molar-refractivity contribution in [2.45, 2.75) is 10.6 Å². The highest BCUT2D eigenvalue weighted by Gasteiger charge is 2.28. The number of benzene rings is 3. The largest absolute Gasteiger partial charge is 0.354 e. The molecule has 0 saturated carbocycles. The first-order chi connectivity index (χ1) is 16.2. The second-order valence-corrected chi connectivity index (χ2v) is 11.7. The molecule has 34 heavy (non-hydrogen) atoms. The number of hydrogen-bond donors (Lipinski definition) is 1. The molecule has 0 unspecified atom stereocenters. The fourth-order valence-electron chi connectivity index (χ4n) is 2.97. The van der Waals surface area contributed by atoms with Crippen molar-refractivity contribution in [3.63, 3.8) is 0 Å². The van der Waals surface area contributed by atoms with Crippen molar-refractivity contribution in [1.82, 2.24) is 5.32 Å². The van der Waals surface area contributed by atoms with Gasteiger partial charge in [0, 0.05) is 23.1 Å². The predicted octanol–water partition coefficient (Wildman–Crippen LogP) is 6.55. The molecule has 5 nitrogen and oxygen atoms in total. The number of nitrogens with zero attached hydrogens (tertiary/aromatic N) is 1. The van der Waals surface area contributed by atoms with Gasteiger partial charge in [-0.3, -0.25) is 9.10 Å². The van der Waals surface area contributed by atoms with Crippen LogP contribution in [-0.4, -0.2) is 33.2 Å². The molecule has 1 N–H and O–H groups in total. The first-order valence-electron chi connectivity index (χ1n) is 9.99. The Kier molecular flexibility index (Phi) is 9.83. The number of rotatable bonds is 10. The number of hydrogen-bond acceptors (Lipinski definition) is 4. The maximum Gasteiger partial charge on any atom is 0.264 e. The van der Waals surface area contributed by atoms with Crippen LogP contribution in [0.3, 0.4) is 0 Å². The number of nitrogens with one attached hydrogen (secondary N) is 1. The van der Waals surface area contributed by atoms with Gasteiger partial charge in [-0.2, -0.15) is 11.8 Å². The molecular formula is C23H20Cl4N2O3S2. The molecule has 0 saturated heterocycles. The molecule has 0 aliphatic rings. The lowest BCUT2D eigenvalue weighted by Gasteiger charge is -2.25. The number of sulfonamides is 1. The summed E-state index contributed by atoms with van der Waals surface area (Å²) in [6.45, 7) is -0.0750. The van der Waals surface area contributed by atoms with E-state index in [1.807, 2.05) is 6.07 Å². The van der Waals surface area contributed by atoms with Crippen molar-refractivity contribution in [1.29, 1.82) is 0 Å². The van der Waals surface area contributed by atoms with E-state index in [0.717, 1.165) is 9.87 Å². The van der Waals surface area contributed by atoms with E-state index >= 15 is 0 Å². The number of amides is 1. The van der Waals surface area contributed by atoms with Crippen molar-refractivity contribution < 1.29 is 13.2 Å². The van der Waals surface area contributed by atoms with Crippen molar-refractivity contribution in [3.8, 4) is 0 Å². The summed E-state index contributed by atoms with van der Waals surface area (Å²) in [6, 6.07) is 17.7. The standard InChI is InChI=1S/C23H20Cl4N2O3S2/c24-17-7-9-22(21(27)13-17)29(34(31,32)18-4-2-1-3-5-18)14-23(30)28-10-11-33-15-16-6-8-19(25)20(26)12-16/h1-9,12-13H,10-11,14-15H2,(H,28,30). The number of carbonyl (C=O) groups excluding carboxylic acids is 1. The molecule has 11 heteroatoms. The molecule has 3 rings (SSSR count). The summed E-state index contributed by atoms with van der Waals surface area (Å²) in [6.07, 6.45) is 0. The van der Waals surface area contributed by atoms with E-state index in [-0.39, 0.29) is 15.6 Å². The number of thioether (sulfide) groups is 1. The second kappa shape index (κ2) is 12.4. The van der Waals surface area contributed by atoms with Gasteiger partial charge in [0.1, 0.15) is 6.54 Å². The van der Waals surface area contributed by atoms with Crippen LogP contribution in [0.2, 0.25) is 20.1 Å². The lowest BCUT2D eigenvalue weighted by molar-refractivity contribution is -0.119. The van der Waals surface area contributed by atoms with Crippen LogP contribution in [0.25, 0.3) is 0 Å². The molecular weight excluding hydrogens is 558 g/mol. The summed E-state index contributed by atoms with van der Waals surface area (Å²) in [4.78, 5) is 12.7. The van der Waals surface area contributed by atoms with E-state index in [9.17, 15) is 13.2 Å². The van der Waals surface area contributed by atoms with Crippen LogP contribution in [0.15, 0.2) is 71.6 Å². The average Bonchev–Trinajstić information content (AvgIpc) is 2.80. The Morgan fingerprint density at radius 2 is 1.62 bits per heavy atom. The van der Waals surface area contributed by atoms with Gasteiger partial charge in [-0.1, -0.05) is 70.7 Å². The van der Waals surface area contributed by atoms with E-state index in [4.69, 9.17) is 46.4 Å². The molecule has 0 aliphatic heterocycles. The van der Waals surface area contributed by atoms with Crippen molar-refractivity contribution >= 4 is 79.8 Å². The van der Waals surface area contributed by atoms with Crippen LogP contribution in [-0.2, 0) is 20.6 Å². The van der Waals surface area contributed by atoms with Gasteiger partial charge in [0.05, 0.1) is 25.7 Å². The monoisotopic (exact) mass is 576 g/mol. The zero-order valence-corrected chi connectivity index (χ0v) is 22.3. The Bertz CT molecular complexity index is 1260. The molecule has 0 aromatic heterocycles. The fraction of sp³-hybridized carbons (Fsp3) is 0.174. The minimum absolute atomic E-state index is 0.0472. The highest BCUT2D eigenvalue weighted by Crippen LogP contribution is 2.32. The lowest BCUT2D eigenvalue weighted by atomic mass is 10.2. The van der Waals surface area contributed by atoms with Crippen LogP contribution in [0.1, 0.15) is 5.56 Å². The van der Waals surface area contributed by atoms with Crippen molar-refractivity contribution in [2.75, 3.05) is 23.1 Å². The molecule has 0 bridgehead atoms. The molecule has 0 heterocycles. The zero-order valence-electron chi connectivity index (χ0n) is 17.7. The minimum atomic E-state index is -4.05. The Morgan fingerprint density at radius 3 is 2.29 bits per heavy atom. The maximum atomic E-state index is 13.3. The van der Waals surface area contributed by atoms with Gasteiger partial charge >= 0.3 is 0 Å². The third-order valence-electron chi connectivity index (χ3n) is 4.62. The van der Waals surface area contributed by atoms with Gasteiger partial charge in [-0.05, 0) is 48.0 Å². The topological polar surface area (TPSA) is 66.5 Å². The SMILES string of the molecule is O=C(CN(c1ccc(Cl)cc1Cl)S(=O)(=O)c1ccccc1)NCCSCc1ccc(Cl)c(Cl)c1. The summed E-state index contributed by atoms with van der Waals surface area (Å²) < 4.78 is 27.6. The van der Waals surface area contributed by atoms with Gasteiger partial charge in [0.25, 0.3) is 10.0 Å². The fourth-order valence-corrected chi connectivity index (χ4v) is 6.12. The van der Waals surface area contributed by atoms with Crippen LogP contribution < -0.4 is 9.62 Å². The summed E-state index contributed by atoms with van der Waals surface area (Å²) in [7, 11) is -4.05. The van der Waals surface area contributed by atoms with Gasteiger partial charge in [-0.15, -0.1) is 0 Å². The Balaban J connectivity index is 1.65. The molecule has 3 aromatic rings. The van der Waals surface area contributed by atoms with Gasteiger partial charge in [0.15, 0.2) is 0 Å². The molecule has 0 aliphatic carbocycles. The molecule has 0 fully saturated rings. The van der Waals surface area contributed by atoms with Gasteiger partial charge < -0.3 is 5.32 Å². The first kappa shape index (κ1) is 27.0. The second-order valence-electron chi connectivity index (χ2n) is 7.07. The molecule has 3 aromatic carbocycles. The Hall–Kier alpha value is -1.61. The van der Waals surface area contributed by atoms with E-state index < -0.39 is 22.5 Å². The van der Waals surface area contributed by atoms with E-state index in [1.165, 1.54) is 30.3 Å². The normalized spacial score (nSPS) is 11.3. The van der Waals surface area contributed by atoms with Crippen molar-refractivity contribution in [2.24, 2.45) is 0 Å². The van der Waals surface area contributed by atoms with E-state index in [0.29, 0.717) is 33.1 Å². The number of carbonyl (C=O) groups is 1. The molecule has 180 valence electrons. The van der Waals surface area contributed by atoms with Crippen LogP contribution in [0, 0.1) is 0 Å². The van der Waals surface area contributed by atoms with Crippen LogP contribution >= 0.6 is 58.2 Å². The molecule has 0 atom stereocenters. The zero-order chi connectivity index (χ0) is 24.7. The summed E-state index contributed by atoms with van der Waals surface area (Å²) in [5.41, 5.74) is 1.18. The highest BCUT2D eigenvalue weighted by molar-refractivity contribution is 7.98. The minimum Gasteiger partial charge on any atom is -0.354 e. The highest BCUT2D eigenvalue weighted by atomic mass is 35.5. The van der Waals surface area contributed by atoms with E-state index in [1.54, 1.807) is 42.1 Å². The summed E-state index contributed by atoms with van der Waals surface area (Å²) in [5.74, 6) is 0.862. The Labute approximate surface area is 223 Å². The number of halogens is 4.